The van der Waals surface area contributed by atoms with E-state index in [0.29, 0.717) is 11.8 Å². The Morgan fingerprint density at radius 1 is 1.58 bits per heavy atom. The van der Waals surface area contributed by atoms with Gasteiger partial charge in [-0.05, 0) is 31.3 Å². The predicted octanol–water partition coefficient (Wildman–Crippen LogP) is -1.74. The average Bonchev–Trinajstić information content (AvgIpc) is 2.09. The molecule has 0 unspecified atom stereocenters. The first-order valence-electron chi connectivity index (χ1n) is 3.80. The van der Waals surface area contributed by atoms with E-state index in [1.807, 2.05) is 12.1 Å². The third kappa shape index (κ3) is 3.02. The fourth-order valence-corrected chi connectivity index (χ4v) is 1.26. The SMILES string of the molecule is N#CC(=C[O-])C1=CCCCC1.[Na+]. The standard InChI is InChI=1S/C9H11NO.Na/c10-6-9(7-11)8-4-2-1-3-5-8;/h4,7,11H,1-3,5H2;/q;+1/p-1. The van der Waals surface area contributed by atoms with Crippen molar-refractivity contribution in [3.63, 3.8) is 0 Å². The first kappa shape index (κ1) is 11.8. The van der Waals surface area contributed by atoms with Crippen molar-refractivity contribution in [2.45, 2.75) is 25.7 Å². The van der Waals surface area contributed by atoms with Crippen molar-refractivity contribution in [3.05, 3.63) is 23.5 Å². The maximum absolute atomic E-state index is 10.3. The molecule has 2 nitrogen and oxygen atoms in total. The van der Waals surface area contributed by atoms with Crippen LogP contribution in [0.3, 0.4) is 0 Å². The summed E-state index contributed by atoms with van der Waals surface area (Å²) in [4.78, 5) is 0. The van der Waals surface area contributed by atoms with Gasteiger partial charge in [-0.15, -0.1) is 6.26 Å². The van der Waals surface area contributed by atoms with E-state index < -0.39 is 0 Å². The fourth-order valence-electron chi connectivity index (χ4n) is 1.26. The van der Waals surface area contributed by atoms with E-state index in [0.717, 1.165) is 24.8 Å². The molecule has 0 saturated carbocycles. The minimum atomic E-state index is 0. The van der Waals surface area contributed by atoms with Crippen LogP contribution in [-0.4, -0.2) is 0 Å². The van der Waals surface area contributed by atoms with Crippen LogP contribution in [0.2, 0.25) is 0 Å². The smallest absolute Gasteiger partial charge is 0.877 e. The molecule has 0 bridgehead atoms. The molecule has 0 amide bonds. The van der Waals surface area contributed by atoms with Crippen LogP contribution in [0, 0.1) is 11.3 Å². The van der Waals surface area contributed by atoms with Gasteiger partial charge in [-0.3, -0.25) is 0 Å². The van der Waals surface area contributed by atoms with Gasteiger partial charge in [-0.25, -0.2) is 0 Å². The van der Waals surface area contributed by atoms with Gasteiger partial charge in [0.15, 0.2) is 0 Å². The number of nitrogens with zero attached hydrogens (tertiary/aromatic N) is 1. The van der Waals surface area contributed by atoms with Gasteiger partial charge in [0.25, 0.3) is 0 Å². The molecule has 0 spiro atoms. The molecule has 12 heavy (non-hydrogen) atoms. The molecule has 0 aromatic heterocycles. The number of rotatable bonds is 1. The third-order valence-electron chi connectivity index (χ3n) is 1.88. The molecule has 1 rings (SSSR count). The van der Waals surface area contributed by atoms with Crippen molar-refractivity contribution in [1.29, 1.82) is 5.26 Å². The zero-order valence-electron chi connectivity index (χ0n) is 7.34. The molecule has 1 aliphatic carbocycles. The van der Waals surface area contributed by atoms with Crippen LogP contribution in [0.5, 0.6) is 0 Å². The molecular formula is C9H10NNaO. The van der Waals surface area contributed by atoms with Crippen LogP contribution in [0.4, 0.5) is 0 Å². The van der Waals surface area contributed by atoms with Crippen molar-refractivity contribution < 1.29 is 34.7 Å². The minimum Gasteiger partial charge on any atom is -0.877 e. The molecule has 0 fully saturated rings. The molecule has 0 aromatic carbocycles. The Kier molecular flexibility index (Phi) is 6.18. The van der Waals surface area contributed by atoms with Gasteiger partial charge in [0.05, 0.1) is 6.07 Å². The van der Waals surface area contributed by atoms with Gasteiger partial charge in [-0.2, -0.15) is 5.26 Å². The van der Waals surface area contributed by atoms with Gasteiger partial charge in [0.1, 0.15) is 0 Å². The third-order valence-corrected chi connectivity index (χ3v) is 1.88. The Labute approximate surface area is 94.9 Å². The summed E-state index contributed by atoms with van der Waals surface area (Å²) in [5.41, 5.74) is 1.25. The number of hydrogen-bond acceptors (Lipinski definition) is 2. The second-order valence-corrected chi connectivity index (χ2v) is 2.62. The summed E-state index contributed by atoms with van der Waals surface area (Å²) >= 11 is 0. The monoisotopic (exact) mass is 171 g/mol. The summed E-state index contributed by atoms with van der Waals surface area (Å²) in [6.07, 6.45) is 6.83. The molecule has 0 aromatic rings. The maximum atomic E-state index is 10.3. The van der Waals surface area contributed by atoms with E-state index in [1.54, 1.807) is 0 Å². The molecule has 0 atom stereocenters. The zero-order chi connectivity index (χ0) is 8.10. The molecule has 0 radical (unpaired) electrons. The summed E-state index contributed by atoms with van der Waals surface area (Å²) in [7, 11) is 0. The Balaban J connectivity index is 0.00000121. The average molecular weight is 171 g/mol. The Hall–Kier alpha value is -0.230. The fraction of sp³-hybridized carbons (Fsp3) is 0.444. The molecule has 1 aliphatic rings. The molecule has 58 valence electrons. The van der Waals surface area contributed by atoms with Crippen LogP contribution in [0.25, 0.3) is 0 Å². The van der Waals surface area contributed by atoms with Crippen molar-refractivity contribution >= 4 is 0 Å². The Morgan fingerprint density at radius 2 is 2.33 bits per heavy atom. The molecule has 3 heteroatoms. The molecule has 0 N–H and O–H groups in total. The van der Waals surface area contributed by atoms with Gasteiger partial charge in [0, 0.05) is 5.57 Å². The topological polar surface area (TPSA) is 46.8 Å². The van der Waals surface area contributed by atoms with Gasteiger partial charge >= 0.3 is 29.6 Å². The quantitative estimate of drug-likeness (QED) is 0.267. The van der Waals surface area contributed by atoms with E-state index in [4.69, 9.17) is 5.26 Å². The van der Waals surface area contributed by atoms with Crippen LogP contribution in [-0.2, 0) is 0 Å². The number of allylic oxidation sites excluding steroid dienone is 3. The van der Waals surface area contributed by atoms with E-state index in [2.05, 4.69) is 0 Å². The number of hydrogen-bond donors (Lipinski definition) is 0. The van der Waals surface area contributed by atoms with E-state index in [-0.39, 0.29) is 29.6 Å². The normalized spacial score (nSPS) is 17.2. The summed E-state index contributed by atoms with van der Waals surface area (Å²) in [6.45, 7) is 0. The largest absolute Gasteiger partial charge is 1.00 e. The first-order chi connectivity index (χ1) is 5.38. The summed E-state index contributed by atoms with van der Waals surface area (Å²) in [6, 6.07) is 1.90. The second-order valence-electron chi connectivity index (χ2n) is 2.62. The molecular weight excluding hydrogens is 161 g/mol. The van der Waals surface area contributed by atoms with Gasteiger partial charge in [0.2, 0.25) is 0 Å². The van der Waals surface area contributed by atoms with E-state index in [1.165, 1.54) is 6.42 Å². The van der Waals surface area contributed by atoms with Crippen LogP contribution in [0.15, 0.2) is 23.5 Å². The van der Waals surface area contributed by atoms with Crippen LogP contribution >= 0.6 is 0 Å². The summed E-state index contributed by atoms with van der Waals surface area (Å²) < 4.78 is 0. The van der Waals surface area contributed by atoms with Crippen molar-refractivity contribution in [2.75, 3.05) is 0 Å². The van der Waals surface area contributed by atoms with Gasteiger partial charge in [-0.1, -0.05) is 6.08 Å². The van der Waals surface area contributed by atoms with Crippen molar-refractivity contribution in [1.82, 2.24) is 0 Å². The van der Waals surface area contributed by atoms with Crippen LogP contribution in [0.1, 0.15) is 25.7 Å². The van der Waals surface area contributed by atoms with E-state index in [9.17, 15) is 5.11 Å². The Morgan fingerprint density at radius 3 is 2.75 bits per heavy atom. The summed E-state index contributed by atoms with van der Waals surface area (Å²) in [5.74, 6) is 0. The van der Waals surface area contributed by atoms with E-state index >= 15 is 0 Å². The molecule has 0 saturated heterocycles. The zero-order valence-corrected chi connectivity index (χ0v) is 9.34. The van der Waals surface area contributed by atoms with Crippen molar-refractivity contribution in [2.24, 2.45) is 0 Å². The number of nitriles is 1. The minimum absolute atomic E-state index is 0. The predicted molar refractivity (Wildman–Crippen MR) is 40.2 cm³/mol. The van der Waals surface area contributed by atoms with Gasteiger partial charge < -0.3 is 5.11 Å². The Bertz CT molecular complexity index is 237. The maximum Gasteiger partial charge on any atom is 1.00 e. The summed E-state index contributed by atoms with van der Waals surface area (Å²) in [5, 5.41) is 18.9. The molecule has 0 heterocycles. The van der Waals surface area contributed by atoms with Crippen LogP contribution < -0.4 is 34.7 Å². The molecule has 0 aliphatic heterocycles. The second kappa shape index (κ2) is 6.30. The first-order valence-corrected chi connectivity index (χ1v) is 3.80. The van der Waals surface area contributed by atoms with Crippen molar-refractivity contribution in [3.8, 4) is 6.07 Å².